The molecule has 2 aromatic rings. The van der Waals surface area contributed by atoms with Crippen LogP contribution in [0.1, 0.15) is 52.0 Å². The summed E-state index contributed by atoms with van der Waals surface area (Å²) in [5.74, 6) is -1.14. The Kier molecular flexibility index (Phi) is 6.47. The summed E-state index contributed by atoms with van der Waals surface area (Å²) >= 11 is 5.94. The monoisotopic (exact) mass is 430 g/mol. The van der Waals surface area contributed by atoms with Gasteiger partial charge in [-0.3, -0.25) is 29.4 Å². The summed E-state index contributed by atoms with van der Waals surface area (Å²) in [6.45, 7) is 1.95. The highest BCUT2D eigenvalue weighted by Crippen LogP contribution is 2.31. The van der Waals surface area contributed by atoms with Crippen LogP contribution >= 0.6 is 11.6 Å². The minimum atomic E-state index is -0.665. The van der Waals surface area contributed by atoms with Gasteiger partial charge in [0.2, 0.25) is 0 Å². The maximum atomic E-state index is 12.5. The smallest absolute Gasteiger partial charge is 0.311 e. The molecule has 156 valence electrons. The number of carbonyl (C=O) groups is 3. The number of rotatable bonds is 8. The molecule has 8 nitrogen and oxygen atoms in total. The molecule has 0 fully saturated rings. The van der Waals surface area contributed by atoms with E-state index >= 15 is 0 Å². The molecule has 0 saturated carbocycles. The summed E-state index contributed by atoms with van der Waals surface area (Å²) < 4.78 is 5.26. The van der Waals surface area contributed by atoms with Gasteiger partial charge in [-0.2, -0.15) is 0 Å². The van der Waals surface area contributed by atoms with E-state index in [4.69, 9.17) is 16.3 Å². The highest BCUT2D eigenvalue weighted by Gasteiger charge is 2.40. The number of benzene rings is 2. The standard InChI is InChI=1S/C21H19ClN2O6/c1-13-12-14(9-10-16(13)22)30-18(25)8-3-2-4-11-23-20(26)15-6-5-7-17(24(28)29)19(15)21(23)27/h5-7,9-10,12H,2-4,8,11H2,1H3. The fourth-order valence-corrected chi connectivity index (χ4v) is 3.37. The third-order valence-corrected chi connectivity index (χ3v) is 5.22. The number of imide groups is 1. The molecule has 2 amide bonds. The summed E-state index contributed by atoms with van der Waals surface area (Å²) in [4.78, 5) is 48.3. The van der Waals surface area contributed by atoms with Crippen molar-refractivity contribution in [2.75, 3.05) is 6.54 Å². The number of esters is 1. The lowest BCUT2D eigenvalue weighted by Gasteiger charge is -2.13. The number of hydrogen-bond acceptors (Lipinski definition) is 6. The second-order valence-electron chi connectivity index (χ2n) is 6.91. The first-order valence-electron chi connectivity index (χ1n) is 9.40. The molecule has 0 bridgehead atoms. The van der Waals surface area contributed by atoms with Gasteiger partial charge in [0.15, 0.2) is 0 Å². The molecule has 30 heavy (non-hydrogen) atoms. The second kappa shape index (κ2) is 9.04. The summed E-state index contributed by atoms with van der Waals surface area (Å²) in [6.07, 6.45) is 1.78. The molecule has 0 aromatic heterocycles. The first-order valence-corrected chi connectivity index (χ1v) is 9.78. The van der Waals surface area contributed by atoms with Crippen LogP contribution in [0, 0.1) is 17.0 Å². The van der Waals surface area contributed by atoms with Crippen LogP contribution in [0.5, 0.6) is 5.75 Å². The van der Waals surface area contributed by atoms with Gasteiger partial charge in [0, 0.05) is 24.1 Å². The number of halogens is 1. The van der Waals surface area contributed by atoms with Crippen molar-refractivity contribution in [2.45, 2.75) is 32.6 Å². The molecule has 0 saturated heterocycles. The lowest BCUT2D eigenvalue weighted by Crippen LogP contribution is -2.30. The van der Waals surface area contributed by atoms with Crippen LogP contribution in [-0.4, -0.2) is 34.2 Å². The van der Waals surface area contributed by atoms with E-state index in [0.29, 0.717) is 30.0 Å². The molecule has 9 heteroatoms. The Balaban J connectivity index is 1.47. The zero-order valence-electron chi connectivity index (χ0n) is 16.2. The molecular weight excluding hydrogens is 412 g/mol. The third kappa shape index (κ3) is 4.49. The zero-order chi connectivity index (χ0) is 21.8. The highest BCUT2D eigenvalue weighted by atomic mass is 35.5. The van der Waals surface area contributed by atoms with Gasteiger partial charge >= 0.3 is 5.97 Å². The molecule has 3 rings (SSSR count). The average Bonchev–Trinajstić information content (AvgIpc) is 2.95. The van der Waals surface area contributed by atoms with Gasteiger partial charge in [-0.1, -0.05) is 24.1 Å². The van der Waals surface area contributed by atoms with Crippen molar-refractivity contribution >= 4 is 35.1 Å². The zero-order valence-corrected chi connectivity index (χ0v) is 17.0. The number of ether oxygens (including phenoxy) is 1. The van der Waals surface area contributed by atoms with Crippen LogP contribution in [0.3, 0.4) is 0 Å². The summed E-state index contributed by atoms with van der Waals surface area (Å²) in [6, 6.07) is 8.97. The number of nitrogens with zero attached hydrogens (tertiary/aromatic N) is 2. The van der Waals surface area contributed by atoms with Crippen molar-refractivity contribution in [2.24, 2.45) is 0 Å². The largest absolute Gasteiger partial charge is 0.427 e. The summed E-state index contributed by atoms with van der Waals surface area (Å²) in [5, 5.41) is 11.7. The number of aryl methyl sites for hydroxylation is 1. The van der Waals surface area contributed by atoms with E-state index in [9.17, 15) is 24.5 Å². The van der Waals surface area contributed by atoms with Crippen molar-refractivity contribution in [1.82, 2.24) is 4.90 Å². The summed E-state index contributed by atoms with van der Waals surface area (Å²) in [7, 11) is 0. The van der Waals surface area contributed by atoms with Gasteiger partial charge in [0.25, 0.3) is 17.5 Å². The normalized spacial score (nSPS) is 12.8. The number of nitro groups is 1. The van der Waals surface area contributed by atoms with Crippen LogP contribution in [0.15, 0.2) is 36.4 Å². The molecule has 1 heterocycles. The SMILES string of the molecule is Cc1cc(OC(=O)CCCCCN2C(=O)c3cccc([N+](=O)[O-])c3C2=O)ccc1Cl. The van der Waals surface area contributed by atoms with E-state index in [-0.39, 0.29) is 35.7 Å². The lowest BCUT2D eigenvalue weighted by molar-refractivity contribution is -0.385. The van der Waals surface area contributed by atoms with Crippen molar-refractivity contribution in [1.29, 1.82) is 0 Å². The highest BCUT2D eigenvalue weighted by molar-refractivity contribution is 6.31. The summed E-state index contributed by atoms with van der Waals surface area (Å²) in [5.41, 5.74) is 0.335. The predicted octanol–water partition coefficient (Wildman–Crippen LogP) is 4.32. The molecule has 0 unspecified atom stereocenters. The molecule has 0 radical (unpaired) electrons. The number of unbranched alkanes of at least 4 members (excludes halogenated alkanes) is 2. The maximum absolute atomic E-state index is 12.5. The fourth-order valence-electron chi connectivity index (χ4n) is 3.25. The number of amides is 2. The Morgan fingerprint density at radius 1 is 1.13 bits per heavy atom. The number of carbonyl (C=O) groups excluding carboxylic acids is 3. The molecule has 0 spiro atoms. The first kappa shape index (κ1) is 21.4. The van der Waals surface area contributed by atoms with Gasteiger partial charge in [0.05, 0.1) is 10.5 Å². The predicted molar refractivity (Wildman–Crippen MR) is 109 cm³/mol. The Morgan fingerprint density at radius 3 is 2.60 bits per heavy atom. The second-order valence-corrected chi connectivity index (χ2v) is 7.32. The topological polar surface area (TPSA) is 107 Å². The van der Waals surface area contributed by atoms with E-state index in [1.807, 2.05) is 6.92 Å². The molecular formula is C21H19ClN2O6. The average molecular weight is 431 g/mol. The Morgan fingerprint density at radius 2 is 1.90 bits per heavy atom. The van der Waals surface area contributed by atoms with Crippen LogP contribution < -0.4 is 4.74 Å². The number of fused-ring (bicyclic) bond motifs is 1. The van der Waals surface area contributed by atoms with E-state index < -0.39 is 16.7 Å². The van der Waals surface area contributed by atoms with Gasteiger partial charge in [-0.05, 0) is 49.6 Å². The maximum Gasteiger partial charge on any atom is 0.311 e. The molecule has 1 aliphatic rings. The molecule has 0 aliphatic carbocycles. The Hall–Kier alpha value is -3.26. The van der Waals surface area contributed by atoms with Crippen LogP contribution in [0.4, 0.5) is 5.69 Å². The van der Waals surface area contributed by atoms with Crippen molar-refractivity contribution in [3.8, 4) is 5.75 Å². The molecule has 2 aromatic carbocycles. The quantitative estimate of drug-likeness (QED) is 0.154. The first-order chi connectivity index (χ1) is 14.3. The number of nitro benzene ring substituents is 1. The minimum absolute atomic E-state index is 0.0519. The minimum Gasteiger partial charge on any atom is -0.427 e. The third-order valence-electron chi connectivity index (χ3n) is 4.80. The van der Waals surface area contributed by atoms with Gasteiger partial charge in [-0.25, -0.2) is 0 Å². The van der Waals surface area contributed by atoms with Gasteiger partial charge in [0.1, 0.15) is 11.3 Å². The van der Waals surface area contributed by atoms with Gasteiger partial charge in [-0.15, -0.1) is 0 Å². The van der Waals surface area contributed by atoms with Crippen molar-refractivity contribution in [3.05, 3.63) is 68.2 Å². The molecule has 0 N–H and O–H groups in total. The van der Waals surface area contributed by atoms with Crippen LogP contribution in [-0.2, 0) is 4.79 Å². The fraction of sp³-hybridized carbons (Fsp3) is 0.286. The van der Waals surface area contributed by atoms with E-state index in [2.05, 4.69) is 0 Å². The van der Waals surface area contributed by atoms with Crippen molar-refractivity contribution in [3.63, 3.8) is 0 Å². The van der Waals surface area contributed by atoms with E-state index in [1.165, 1.54) is 18.2 Å². The van der Waals surface area contributed by atoms with Crippen molar-refractivity contribution < 1.29 is 24.0 Å². The molecule has 1 aliphatic heterocycles. The lowest BCUT2D eigenvalue weighted by atomic mass is 10.1. The van der Waals surface area contributed by atoms with Crippen LogP contribution in [0.2, 0.25) is 5.02 Å². The molecule has 0 atom stereocenters. The number of hydrogen-bond donors (Lipinski definition) is 0. The Bertz CT molecular complexity index is 1040. The van der Waals surface area contributed by atoms with Gasteiger partial charge < -0.3 is 4.74 Å². The van der Waals surface area contributed by atoms with E-state index in [0.717, 1.165) is 10.5 Å². The Labute approximate surface area is 177 Å². The van der Waals surface area contributed by atoms with E-state index in [1.54, 1.807) is 18.2 Å². The van der Waals surface area contributed by atoms with Crippen LogP contribution in [0.25, 0.3) is 0 Å².